The molecule has 0 atom stereocenters. The lowest BCUT2D eigenvalue weighted by atomic mass is 10.1. The van der Waals surface area contributed by atoms with E-state index in [1.807, 2.05) is 24.3 Å². The minimum absolute atomic E-state index is 0.0128. The van der Waals surface area contributed by atoms with Crippen molar-refractivity contribution in [2.45, 2.75) is 42.6 Å². The molecule has 0 amide bonds. The first-order valence-electron chi connectivity index (χ1n) is 6.81. The van der Waals surface area contributed by atoms with Crippen LogP contribution in [0.3, 0.4) is 0 Å². The molecule has 2 rings (SSSR count). The molecule has 2 aromatic carbocycles. The molecule has 2 aromatic rings. The van der Waals surface area contributed by atoms with Gasteiger partial charge in [0, 0.05) is 27.9 Å². The zero-order valence-electron chi connectivity index (χ0n) is 12.4. The SMILES string of the molecule is CC(C)(C)NCc1ccccc1Sc1ccc(F)cc1F. The van der Waals surface area contributed by atoms with Crippen LogP contribution in [0.4, 0.5) is 8.78 Å². The fourth-order valence-corrected chi connectivity index (χ4v) is 2.73. The number of hydrogen-bond acceptors (Lipinski definition) is 2. The number of benzene rings is 2. The number of halogens is 2. The van der Waals surface area contributed by atoms with E-state index in [9.17, 15) is 8.78 Å². The average molecular weight is 307 g/mol. The van der Waals surface area contributed by atoms with Crippen molar-refractivity contribution in [1.29, 1.82) is 0 Å². The Hall–Kier alpha value is -1.39. The summed E-state index contributed by atoms with van der Waals surface area (Å²) in [6.45, 7) is 7.00. The summed E-state index contributed by atoms with van der Waals surface area (Å²) in [5.41, 5.74) is 1.11. The predicted octanol–water partition coefficient (Wildman–Crippen LogP) is 5.00. The third-order valence-corrected chi connectivity index (χ3v) is 4.06. The Morgan fingerprint density at radius 3 is 2.38 bits per heavy atom. The van der Waals surface area contributed by atoms with Crippen LogP contribution in [0.1, 0.15) is 26.3 Å². The Balaban J connectivity index is 2.20. The van der Waals surface area contributed by atoms with E-state index in [1.165, 1.54) is 23.9 Å². The van der Waals surface area contributed by atoms with Gasteiger partial charge in [-0.1, -0.05) is 30.0 Å². The molecular formula is C17H19F2NS. The second kappa shape index (κ2) is 6.58. The lowest BCUT2D eigenvalue weighted by molar-refractivity contribution is 0.422. The Labute approximate surface area is 128 Å². The first kappa shape index (κ1) is 16.0. The quantitative estimate of drug-likeness (QED) is 0.852. The van der Waals surface area contributed by atoms with Gasteiger partial charge in [0.25, 0.3) is 0 Å². The average Bonchev–Trinajstić information content (AvgIpc) is 2.40. The van der Waals surface area contributed by atoms with Crippen LogP contribution in [0.25, 0.3) is 0 Å². The Morgan fingerprint density at radius 2 is 1.71 bits per heavy atom. The lowest BCUT2D eigenvalue weighted by Gasteiger charge is -2.21. The summed E-state index contributed by atoms with van der Waals surface area (Å²) in [5, 5.41) is 3.42. The summed E-state index contributed by atoms with van der Waals surface area (Å²) in [4.78, 5) is 1.40. The van der Waals surface area contributed by atoms with Crippen molar-refractivity contribution in [2.24, 2.45) is 0 Å². The summed E-state index contributed by atoms with van der Waals surface area (Å²) in [5.74, 6) is -1.09. The molecule has 0 aromatic heterocycles. The second-order valence-corrected chi connectivity index (χ2v) is 6.97. The van der Waals surface area contributed by atoms with Crippen LogP contribution >= 0.6 is 11.8 Å². The van der Waals surface area contributed by atoms with Gasteiger partial charge in [0.15, 0.2) is 0 Å². The van der Waals surface area contributed by atoms with E-state index >= 15 is 0 Å². The molecule has 0 aliphatic carbocycles. The van der Waals surface area contributed by atoms with Gasteiger partial charge in [0.05, 0.1) is 0 Å². The van der Waals surface area contributed by atoms with Crippen molar-refractivity contribution < 1.29 is 8.78 Å². The van der Waals surface area contributed by atoms with Crippen molar-refractivity contribution >= 4 is 11.8 Å². The molecule has 0 heterocycles. The fraction of sp³-hybridized carbons (Fsp3) is 0.294. The van der Waals surface area contributed by atoms with Crippen molar-refractivity contribution in [2.75, 3.05) is 0 Å². The summed E-state index contributed by atoms with van der Waals surface area (Å²) >= 11 is 1.32. The van der Waals surface area contributed by atoms with E-state index < -0.39 is 11.6 Å². The van der Waals surface area contributed by atoms with Gasteiger partial charge in [0.1, 0.15) is 11.6 Å². The highest BCUT2D eigenvalue weighted by atomic mass is 32.2. The van der Waals surface area contributed by atoms with Crippen LogP contribution < -0.4 is 5.32 Å². The number of nitrogens with one attached hydrogen (secondary N) is 1. The molecule has 4 heteroatoms. The summed E-state index contributed by atoms with van der Waals surface area (Å²) in [6, 6.07) is 11.5. The minimum Gasteiger partial charge on any atom is -0.308 e. The largest absolute Gasteiger partial charge is 0.308 e. The molecule has 0 aliphatic heterocycles. The lowest BCUT2D eigenvalue weighted by Crippen LogP contribution is -2.35. The topological polar surface area (TPSA) is 12.0 Å². The molecular weight excluding hydrogens is 288 g/mol. The van der Waals surface area contributed by atoms with Gasteiger partial charge in [-0.3, -0.25) is 0 Å². The smallest absolute Gasteiger partial charge is 0.140 e. The van der Waals surface area contributed by atoms with Gasteiger partial charge >= 0.3 is 0 Å². The van der Waals surface area contributed by atoms with E-state index in [0.29, 0.717) is 11.4 Å². The zero-order chi connectivity index (χ0) is 15.5. The van der Waals surface area contributed by atoms with Crippen molar-refractivity contribution in [3.8, 4) is 0 Å². The van der Waals surface area contributed by atoms with Crippen molar-refractivity contribution in [3.05, 3.63) is 59.7 Å². The predicted molar refractivity (Wildman–Crippen MR) is 83.5 cm³/mol. The zero-order valence-corrected chi connectivity index (χ0v) is 13.2. The molecule has 21 heavy (non-hydrogen) atoms. The third-order valence-electron chi connectivity index (χ3n) is 2.90. The summed E-state index contributed by atoms with van der Waals surface area (Å²) < 4.78 is 26.7. The number of hydrogen-bond donors (Lipinski definition) is 1. The van der Waals surface area contributed by atoms with Crippen molar-refractivity contribution in [3.63, 3.8) is 0 Å². The Kier molecular flexibility index (Phi) is 5.01. The van der Waals surface area contributed by atoms with Gasteiger partial charge in [-0.25, -0.2) is 8.78 Å². The van der Waals surface area contributed by atoms with Crippen molar-refractivity contribution in [1.82, 2.24) is 5.32 Å². The van der Waals surface area contributed by atoms with E-state index in [0.717, 1.165) is 16.5 Å². The molecule has 1 nitrogen and oxygen atoms in total. The highest BCUT2D eigenvalue weighted by Crippen LogP contribution is 2.32. The third kappa shape index (κ3) is 4.83. The molecule has 1 N–H and O–H groups in total. The van der Waals surface area contributed by atoms with E-state index in [2.05, 4.69) is 26.1 Å². The second-order valence-electron chi connectivity index (χ2n) is 5.89. The fourth-order valence-electron chi connectivity index (χ4n) is 1.79. The van der Waals surface area contributed by atoms with E-state index in [-0.39, 0.29) is 5.54 Å². The first-order chi connectivity index (χ1) is 9.85. The molecule has 0 saturated carbocycles. The molecule has 0 saturated heterocycles. The van der Waals surface area contributed by atoms with Crippen LogP contribution in [0.15, 0.2) is 52.3 Å². The molecule has 0 radical (unpaired) electrons. The van der Waals surface area contributed by atoms with Gasteiger partial charge < -0.3 is 5.32 Å². The maximum atomic E-state index is 13.8. The molecule has 0 unspecified atom stereocenters. The molecule has 0 aliphatic rings. The van der Waals surface area contributed by atoms with Crippen LogP contribution in [0.2, 0.25) is 0 Å². The maximum Gasteiger partial charge on any atom is 0.140 e. The molecule has 0 bridgehead atoms. The molecule has 0 spiro atoms. The normalized spacial score (nSPS) is 11.7. The van der Waals surface area contributed by atoms with Gasteiger partial charge in [-0.2, -0.15) is 0 Å². The summed E-state index contributed by atoms with van der Waals surface area (Å²) in [6.07, 6.45) is 0. The van der Waals surface area contributed by atoms with E-state index in [1.54, 1.807) is 0 Å². The first-order valence-corrected chi connectivity index (χ1v) is 7.63. The Morgan fingerprint density at radius 1 is 1.00 bits per heavy atom. The Bertz CT molecular complexity index is 620. The minimum atomic E-state index is -0.556. The van der Waals surface area contributed by atoms with Gasteiger partial charge in [0.2, 0.25) is 0 Å². The maximum absolute atomic E-state index is 13.8. The van der Waals surface area contributed by atoms with Gasteiger partial charge in [-0.05, 0) is 44.5 Å². The number of rotatable bonds is 4. The van der Waals surface area contributed by atoms with Gasteiger partial charge in [-0.15, -0.1) is 0 Å². The van der Waals surface area contributed by atoms with Crippen LogP contribution in [-0.2, 0) is 6.54 Å². The monoisotopic (exact) mass is 307 g/mol. The van der Waals surface area contributed by atoms with Crippen LogP contribution in [0.5, 0.6) is 0 Å². The molecule has 0 fully saturated rings. The molecule has 112 valence electrons. The highest BCUT2D eigenvalue weighted by molar-refractivity contribution is 7.99. The summed E-state index contributed by atoms with van der Waals surface area (Å²) in [7, 11) is 0. The van der Waals surface area contributed by atoms with Crippen LogP contribution in [0, 0.1) is 11.6 Å². The van der Waals surface area contributed by atoms with Crippen LogP contribution in [-0.4, -0.2) is 5.54 Å². The highest BCUT2D eigenvalue weighted by Gasteiger charge is 2.12. The van der Waals surface area contributed by atoms with E-state index in [4.69, 9.17) is 0 Å². The standard InChI is InChI=1S/C17H19F2NS/c1-17(2,3)20-11-12-6-4-5-7-15(12)21-16-9-8-13(18)10-14(16)19/h4-10,20H,11H2,1-3H3.